The molecule has 3 heterocycles. The van der Waals surface area contributed by atoms with E-state index in [1.54, 1.807) is 26.2 Å². The second-order valence-corrected chi connectivity index (χ2v) is 9.74. The van der Waals surface area contributed by atoms with E-state index in [9.17, 15) is 9.59 Å². The number of hydrogen-bond acceptors (Lipinski definition) is 6. The van der Waals surface area contributed by atoms with Crippen molar-refractivity contribution < 1.29 is 28.5 Å². The second-order valence-electron chi connectivity index (χ2n) is 9.36. The maximum Gasteiger partial charge on any atom is 0.407 e. The lowest BCUT2D eigenvalue weighted by molar-refractivity contribution is -0.118. The predicted octanol–water partition coefficient (Wildman–Crippen LogP) is 4.19. The maximum atomic E-state index is 13.0. The Balaban J connectivity index is 1.63. The Morgan fingerprint density at radius 3 is 2.71 bits per heavy atom. The molecule has 1 aromatic carbocycles. The molecule has 8 nitrogen and oxygen atoms in total. The Bertz CT molecular complexity index is 1030. The summed E-state index contributed by atoms with van der Waals surface area (Å²) in [5, 5.41) is 3.28. The fraction of sp³-hybridized carbons (Fsp3) is 0.538. The van der Waals surface area contributed by atoms with Crippen LogP contribution in [0.25, 0.3) is 0 Å². The molecule has 4 unspecified atom stereocenters. The summed E-state index contributed by atoms with van der Waals surface area (Å²) in [6.45, 7) is 2.03. The van der Waals surface area contributed by atoms with Gasteiger partial charge in [-0.15, -0.1) is 0 Å². The Labute approximate surface area is 211 Å². The summed E-state index contributed by atoms with van der Waals surface area (Å²) in [6.07, 6.45) is 7.64. The van der Waals surface area contributed by atoms with Gasteiger partial charge in [-0.1, -0.05) is 35.4 Å². The lowest BCUT2D eigenvalue weighted by atomic mass is 9.97. The van der Waals surface area contributed by atoms with Crippen LogP contribution in [0.2, 0.25) is 5.02 Å². The molecule has 2 saturated heterocycles. The number of nitrogens with one attached hydrogen (secondary N) is 1. The van der Waals surface area contributed by atoms with E-state index in [1.165, 1.54) is 0 Å². The average molecular weight is 505 g/mol. The number of anilines is 1. The van der Waals surface area contributed by atoms with Crippen molar-refractivity contribution in [1.29, 1.82) is 0 Å². The highest BCUT2D eigenvalue weighted by molar-refractivity contribution is 6.35. The summed E-state index contributed by atoms with van der Waals surface area (Å²) >= 11 is 6.57. The number of amides is 2. The largest absolute Gasteiger partial charge is 0.495 e. The third kappa shape index (κ3) is 6.18. The molecule has 1 N–H and O–H groups in total. The Morgan fingerprint density at radius 2 is 1.97 bits per heavy atom. The van der Waals surface area contributed by atoms with Crippen molar-refractivity contribution in [2.24, 2.45) is 0 Å². The number of ether oxygens (including phenoxy) is 4. The molecule has 0 radical (unpaired) electrons. The standard InChI is InChI=1S/C26H33ClN2O6/c1-15-6-5-7-20(32-3)18-13-17(34-26(31)28-18)14-22-21(35-22)8-9-24(30)29(2)19-11-16(10-15)12-23(33-4)25(19)27/h5-7,11-12,17-18,20-22H,8-10,13-14H2,1-4H3,(H,28,31)/b7-5+,15-6+/t17?,18?,20-,21?,22?/m1/s1. The molecule has 9 heteroatoms. The van der Waals surface area contributed by atoms with Crippen LogP contribution in [0.1, 0.15) is 38.2 Å². The molecular weight excluding hydrogens is 472 g/mol. The smallest absolute Gasteiger partial charge is 0.407 e. The number of rotatable bonds is 2. The number of hydrogen-bond donors (Lipinski definition) is 1. The predicted molar refractivity (Wildman–Crippen MR) is 133 cm³/mol. The summed E-state index contributed by atoms with van der Waals surface area (Å²) in [7, 11) is 4.93. The van der Waals surface area contributed by atoms with Crippen LogP contribution in [0.15, 0.2) is 35.9 Å². The summed E-state index contributed by atoms with van der Waals surface area (Å²) in [4.78, 5) is 26.7. The van der Waals surface area contributed by atoms with E-state index in [4.69, 9.17) is 30.5 Å². The van der Waals surface area contributed by atoms with Gasteiger partial charge < -0.3 is 29.2 Å². The van der Waals surface area contributed by atoms with Crippen molar-refractivity contribution in [2.75, 3.05) is 26.2 Å². The molecule has 2 amide bonds. The molecule has 2 fully saturated rings. The third-order valence-corrected chi connectivity index (χ3v) is 7.17. The van der Waals surface area contributed by atoms with Crippen molar-refractivity contribution in [3.8, 4) is 5.75 Å². The molecule has 0 saturated carbocycles. The van der Waals surface area contributed by atoms with Gasteiger partial charge in [0.05, 0.1) is 37.2 Å². The van der Waals surface area contributed by atoms with Crippen molar-refractivity contribution in [3.63, 3.8) is 0 Å². The third-order valence-electron chi connectivity index (χ3n) is 6.79. The van der Waals surface area contributed by atoms with Crippen molar-refractivity contribution >= 4 is 29.3 Å². The molecule has 5 atom stereocenters. The van der Waals surface area contributed by atoms with Gasteiger partial charge in [0.1, 0.15) is 16.9 Å². The maximum absolute atomic E-state index is 13.0. The van der Waals surface area contributed by atoms with Gasteiger partial charge >= 0.3 is 6.09 Å². The average Bonchev–Trinajstić information content (AvgIpc) is 3.57. The number of fused-ring (bicyclic) bond motifs is 5. The minimum Gasteiger partial charge on any atom is -0.495 e. The summed E-state index contributed by atoms with van der Waals surface area (Å²) < 4.78 is 22.4. The zero-order chi connectivity index (χ0) is 25.1. The van der Waals surface area contributed by atoms with Gasteiger partial charge in [0.25, 0.3) is 0 Å². The lowest BCUT2D eigenvalue weighted by Gasteiger charge is -2.33. The molecule has 0 aromatic heterocycles. The van der Waals surface area contributed by atoms with E-state index in [1.807, 2.05) is 37.3 Å². The first-order valence-corrected chi connectivity index (χ1v) is 12.3. The van der Waals surface area contributed by atoms with Gasteiger partial charge in [0, 0.05) is 33.4 Å². The summed E-state index contributed by atoms with van der Waals surface area (Å²) in [6, 6.07) is 3.63. The molecule has 0 spiro atoms. The normalized spacial score (nSPS) is 32.0. The zero-order valence-corrected chi connectivity index (χ0v) is 21.3. The minimum atomic E-state index is -0.446. The molecule has 4 bridgehead atoms. The highest BCUT2D eigenvalue weighted by Crippen LogP contribution is 2.38. The topological polar surface area (TPSA) is 89.6 Å². The molecular formula is C26H33ClN2O6. The van der Waals surface area contributed by atoms with Gasteiger partial charge in [-0.05, 0) is 37.5 Å². The monoisotopic (exact) mass is 504 g/mol. The number of carbonyl (C=O) groups is 2. The fourth-order valence-electron chi connectivity index (χ4n) is 4.78. The van der Waals surface area contributed by atoms with E-state index in [0.29, 0.717) is 48.6 Å². The van der Waals surface area contributed by atoms with Crippen LogP contribution in [-0.2, 0) is 25.4 Å². The quantitative estimate of drug-likeness (QED) is 0.607. The van der Waals surface area contributed by atoms with E-state index in [0.717, 1.165) is 11.1 Å². The van der Waals surface area contributed by atoms with E-state index in [2.05, 4.69) is 5.32 Å². The molecule has 0 aliphatic carbocycles. The van der Waals surface area contributed by atoms with E-state index < -0.39 is 6.09 Å². The SMILES string of the molecule is COc1cc2cc(c1Cl)N(C)C(=O)CCC1OC1CC1CC(NC(=O)O1)[C@H](OC)/C=C/C=C(\C)C2. The number of alkyl carbamates (subject to hydrolysis) is 1. The number of methoxy groups -OCH3 is 2. The number of allylic oxidation sites excluding steroid dienone is 3. The first kappa shape index (κ1) is 25.5. The van der Waals surface area contributed by atoms with Gasteiger partial charge in [-0.25, -0.2) is 4.79 Å². The van der Waals surface area contributed by atoms with Gasteiger partial charge in [0.15, 0.2) is 0 Å². The van der Waals surface area contributed by atoms with Crippen LogP contribution in [0, 0.1) is 0 Å². The number of nitrogens with zero attached hydrogens (tertiary/aromatic N) is 1. The van der Waals surface area contributed by atoms with Crippen molar-refractivity contribution in [2.45, 2.75) is 69.5 Å². The van der Waals surface area contributed by atoms with Crippen LogP contribution in [0.3, 0.4) is 0 Å². The van der Waals surface area contributed by atoms with Gasteiger partial charge in [-0.3, -0.25) is 4.79 Å². The van der Waals surface area contributed by atoms with Crippen LogP contribution in [0.4, 0.5) is 10.5 Å². The Hall–Kier alpha value is -2.55. The van der Waals surface area contributed by atoms with Crippen LogP contribution in [-0.4, -0.2) is 63.7 Å². The number of epoxide rings is 1. The van der Waals surface area contributed by atoms with Crippen LogP contribution in [0.5, 0.6) is 5.75 Å². The van der Waals surface area contributed by atoms with Crippen LogP contribution >= 0.6 is 11.6 Å². The Morgan fingerprint density at radius 1 is 1.17 bits per heavy atom. The first-order valence-electron chi connectivity index (χ1n) is 11.9. The van der Waals surface area contributed by atoms with Gasteiger partial charge in [-0.2, -0.15) is 0 Å². The zero-order valence-electron chi connectivity index (χ0n) is 20.6. The molecule has 3 aliphatic heterocycles. The molecule has 3 aliphatic rings. The number of carbonyl (C=O) groups excluding carboxylic acids is 2. The summed E-state index contributed by atoms with van der Waals surface area (Å²) in [5.41, 5.74) is 2.70. The lowest BCUT2D eigenvalue weighted by Crippen LogP contribution is -2.51. The highest BCUT2D eigenvalue weighted by Gasteiger charge is 2.43. The Kier molecular flexibility index (Phi) is 8.04. The van der Waals surface area contributed by atoms with Crippen molar-refractivity contribution in [1.82, 2.24) is 5.32 Å². The fourth-order valence-corrected chi connectivity index (χ4v) is 5.09. The minimum absolute atomic E-state index is 0.0252. The number of halogens is 1. The summed E-state index contributed by atoms with van der Waals surface area (Å²) in [5.74, 6) is 0.478. The van der Waals surface area contributed by atoms with Crippen LogP contribution < -0.4 is 15.0 Å². The van der Waals surface area contributed by atoms with Crippen molar-refractivity contribution in [3.05, 3.63) is 46.5 Å². The second kappa shape index (κ2) is 11.0. The highest BCUT2D eigenvalue weighted by atomic mass is 35.5. The molecule has 1 aromatic rings. The van der Waals surface area contributed by atoms with E-state index in [-0.39, 0.29) is 36.4 Å². The molecule has 190 valence electrons. The molecule has 4 rings (SSSR count). The molecule has 35 heavy (non-hydrogen) atoms. The van der Waals surface area contributed by atoms with Gasteiger partial charge in [0.2, 0.25) is 5.91 Å². The van der Waals surface area contributed by atoms with E-state index >= 15 is 0 Å². The number of benzene rings is 1. The first-order chi connectivity index (χ1) is 16.8.